The number of halogens is 1. The Labute approximate surface area is 131 Å². The number of hydrogen-bond acceptors (Lipinski definition) is 4. The van der Waals surface area contributed by atoms with Crippen LogP contribution in [0.15, 0.2) is 53.7 Å². The highest BCUT2D eigenvalue weighted by Crippen LogP contribution is 2.41. The molecule has 0 spiro atoms. The fourth-order valence-corrected chi connectivity index (χ4v) is 3.22. The summed E-state index contributed by atoms with van der Waals surface area (Å²) < 4.78 is -0.776. The standard InChI is InChI=1S/C15H12ClN3OS/c1-15(12-8-4-5-9-17-12)13(20)19-14(21-15)18-11-7-3-2-6-10(11)16/h2-9H,1H3,(H,18,19,20). The number of amidine groups is 1. The SMILES string of the molecule is CC1(c2ccccn2)SC(=Nc2ccccc2Cl)NC1=O. The number of nitrogens with zero attached hydrogens (tertiary/aromatic N) is 2. The summed E-state index contributed by atoms with van der Waals surface area (Å²) in [5.74, 6) is -0.128. The van der Waals surface area contributed by atoms with Crippen LogP contribution >= 0.6 is 23.4 Å². The van der Waals surface area contributed by atoms with Crippen molar-refractivity contribution in [2.24, 2.45) is 4.99 Å². The predicted molar refractivity (Wildman–Crippen MR) is 85.9 cm³/mol. The summed E-state index contributed by atoms with van der Waals surface area (Å²) >= 11 is 7.43. The van der Waals surface area contributed by atoms with Crippen molar-refractivity contribution >= 4 is 40.1 Å². The molecule has 21 heavy (non-hydrogen) atoms. The van der Waals surface area contributed by atoms with Crippen LogP contribution in [0.5, 0.6) is 0 Å². The van der Waals surface area contributed by atoms with Crippen LogP contribution in [0.3, 0.4) is 0 Å². The topological polar surface area (TPSA) is 54.4 Å². The number of aromatic nitrogens is 1. The van der Waals surface area contributed by atoms with Gasteiger partial charge in [0.2, 0.25) is 5.91 Å². The first-order valence-electron chi connectivity index (χ1n) is 6.35. The van der Waals surface area contributed by atoms with E-state index in [1.165, 1.54) is 11.8 Å². The predicted octanol–water partition coefficient (Wildman–Crippen LogP) is 3.50. The fraction of sp³-hybridized carbons (Fsp3) is 0.133. The van der Waals surface area contributed by atoms with Gasteiger partial charge in [-0.05, 0) is 31.2 Å². The number of pyridine rings is 1. The van der Waals surface area contributed by atoms with Gasteiger partial charge >= 0.3 is 0 Å². The van der Waals surface area contributed by atoms with Gasteiger partial charge in [-0.1, -0.05) is 41.6 Å². The van der Waals surface area contributed by atoms with Crippen LogP contribution in [-0.2, 0) is 9.54 Å². The zero-order valence-electron chi connectivity index (χ0n) is 11.2. The third-order valence-corrected chi connectivity index (χ3v) is 4.69. The molecular formula is C15H12ClN3OS. The summed E-state index contributed by atoms with van der Waals surface area (Å²) in [6.45, 7) is 1.84. The van der Waals surface area contributed by atoms with Crippen LogP contribution in [0.4, 0.5) is 5.69 Å². The second kappa shape index (κ2) is 5.50. The van der Waals surface area contributed by atoms with E-state index >= 15 is 0 Å². The molecule has 1 saturated heterocycles. The molecule has 2 heterocycles. The first-order valence-corrected chi connectivity index (χ1v) is 7.54. The number of amides is 1. The number of rotatable bonds is 2. The van der Waals surface area contributed by atoms with Gasteiger partial charge in [0, 0.05) is 6.20 Å². The highest BCUT2D eigenvalue weighted by atomic mass is 35.5. The molecule has 4 nitrogen and oxygen atoms in total. The number of benzene rings is 1. The van der Waals surface area contributed by atoms with Crippen molar-refractivity contribution < 1.29 is 4.79 Å². The maximum Gasteiger partial charge on any atom is 0.248 e. The van der Waals surface area contributed by atoms with Crippen LogP contribution in [0.25, 0.3) is 0 Å². The first kappa shape index (κ1) is 14.1. The Kier molecular flexibility index (Phi) is 3.69. The largest absolute Gasteiger partial charge is 0.304 e. The van der Waals surface area contributed by atoms with Crippen LogP contribution in [0.2, 0.25) is 5.02 Å². The van der Waals surface area contributed by atoms with Crippen LogP contribution < -0.4 is 5.32 Å². The molecule has 1 atom stereocenters. The maximum atomic E-state index is 12.3. The van der Waals surface area contributed by atoms with E-state index in [9.17, 15) is 4.79 Å². The number of hydrogen-bond donors (Lipinski definition) is 1. The minimum absolute atomic E-state index is 0.128. The van der Waals surface area contributed by atoms with Gasteiger partial charge in [0.05, 0.1) is 16.4 Å². The molecule has 0 radical (unpaired) electrons. The lowest BCUT2D eigenvalue weighted by atomic mass is 10.1. The highest BCUT2D eigenvalue weighted by Gasteiger charge is 2.45. The Morgan fingerprint density at radius 1 is 1.24 bits per heavy atom. The lowest BCUT2D eigenvalue weighted by molar-refractivity contribution is -0.121. The van der Waals surface area contributed by atoms with E-state index in [1.54, 1.807) is 18.3 Å². The fourth-order valence-electron chi connectivity index (χ4n) is 2.00. The van der Waals surface area contributed by atoms with Crippen LogP contribution in [-0.4, -0.2) is 16.1 Å². The van der Waals surface area contributed by atoms with E-state index in [0.29, 0.717) is 21.6 Å². The summed E-state index contributed by atoms with van der Waals surface area (Å²) in [4.78, 5) is 21.0. The number of carbonyl (C=O) groups is 1. The minimum atomic E-state index is -0.776. The zero-order chi connectivity index (χ0) is 14.9. The molecule has 1 aromatic heterocycles. The number of para-hydroxylation sites is 1. The Hall–Kier alpha value is -1.85. The Morgan fingerprint density at radius 3 is 2.71 bits per heavy atom. The second-order valence-electron chi connectivity index (χ2n) is 4.67. The van der Waals surface area contributed by atoms with Gasteiger partial charge < -0.3 is 5.32 Å². The van der Waals surface area contributed by atoms with Gasteiger partial charge in [-0.25, -0.2) is 4.99 Å². The lowest BCUT2D eigenvalue weighted by Crippen LogP contribution is -2.32. The number of aliphatic imine (C=N–C) groups is 1. The quantitative estimate of drug-likeness (QED) is 0.922. The second-order valence-corrected chi connectivity index (χ2v) is 6.49. The molecule has 3 rings (SSSR count). The molecule has 1 aliphatic rings. The summed E-state index contributed by atoms with van der Waals surface area (Å²) in [5.41, 5.74) is 1.34. The molecule has 1 N–H and O–H groups in total. The van der Waals surface area contributed by atoms with Gasteiger partial charge in [0.25, 0.3) is 0 Å². The van der Waals surface area contributed by atoms with Gasteiger partial charge in [-0.3, -0.25) is 9.78 Å². The molecule has 0 bridgehead atoms. The van der Waals surface area contributed by atoms with E-state index in [1.807, 2.05) is 37.3 Å². The van der Waals surface area contributed by atoms with Crippen molar-refractivity contribution in [2.75, 3.05) is 0 Å². The number of carbonyl (C=O) groups excluding carboxylic acids is 1. The zero-order valence-corrected chi connectivity index (χ0v) is 12.8. The summed E-state index contributed by atoms with van der Waals surface area (Å²) in [5, 5.41) is 3.87. The van der Waals surface area contributed by atoms with Crippen molar-refractivity contribution in [3.05, 3.63) is 59.4 Å². The van der Waals surface area contributed by atoms with Crippen LogP contribution in [0, 0.1) is 0 Å². The molecule has 1 amide bonds. The van der Waals surface area contributed by atoms with Gasteiger partial charge in [-0.2, -0.15) is 0 Å². The number of thioether (sulfide) groups is 1. The average Bonchev–Trinajstić information content (AvgIpc) is 2.78. The Morgan fingerprint density at radius 2 is 2.00 bits per heavy atom. The molecule has 106 valence electrons. The van der Waals surface area contributed by atoms with E-state index in [0.717, 1.165) is 0 Å². The van der Waals surface area contributed by atoms with E-state index < -0.39 is 4.75 Å². The molecule has 1 aliphatic heterocycles. The molecule has 1 aromatic carbocycles. The molecule has 0 saturated carbocycles. The molecule has 1 fully saturated rings. The average molecular weight is 318 g/mol. The number of nitrogens with one attached hydrogen (secondary N) is 1. The molecule has 1 unspecified atom stereocenters. The van der Waals surface area contributed by atoms with Crippen LogP contribution in [0.1, 0.15) is 12.6 Å². The molecular weight excluding hydrogens is 306 g/mol. The first-order chi connectivity index (χ1) is 10.1. The summed E-state index contributed by atoms with van der Waals surface area (Å²) in [7, 11) is 0. The highest BCUT2D eigenvalue weighted by molar-refractivity contribution is 8.15. The van der Waals surface area contributed by atoms with E-state index in [-0.39, 0.29) is 5.91 Å². The molecule has 6 heteroatoms. The third-order valence-electron chi connectivity index (χ3n) is 3.18. The maximum absolute atomic E-state index is 12.3. The van der Waals surface area contributed by atoms with Gasteiger partial charge in [0.15, 0.2) is 5.17 Å². The van der Waals surface area contributed by atoms with E-state index in [4.69, 9.17) is 11.6 Å². The lowest BCUT2D eigenvalue weighted by Gasteiger charge is -2.17. The van der Waals surface area contributed by atoms with Crippen molar-refractivity contribution in [3.63, 3.8) is 0 Å². The molecule has 0 aliphatic carbocycles. The van der Waals surface area contributed by atoms with Crippen molar-refractivity contribution in [1.29, 1.82) is 0 Å². The van der Waals surface area contributed by atoms with Crippen molar-refractivity contribution in [2.45, 2.75) is 11.7 Å². The van der Waals surface area contributed by atoms with E-state index in [2.05, 4.69) is 15.3 Å². The monoisotopic (exact) mass is 317 g/mol. The molecule has 2 aromatic rings. The summed E-state index contributed by atoms with van der Waals surface area (Å²) in [6, 6.07) is 12.8. The minimum Gasteiger partial charge on any atom is -0.304 e. The smallest absolute Gasteiger partial charge is 0.248 e. The van der Waals surface area contributed by atoms with Crippen molar-refractivity contribution in [1.82, 2.24) is 10.3 Å². The normalized spacial score (nSPS) is 23.3. The van der Waals surface area contributed by atoms with Gasteiger partial charge in [-0.15, -0.1) is 0 Å². The van der Waals surface area contributed by atoms with Gasteiger partial charge in [0.1, 0.15) is 4.75 Å². The Balaban J connectivity index is 1.94. The third kappa shape index (κ3) is 2.66. The summed E-state index contributed by atoms with van der Waals surface area (Å²) in [6.07, 6.45) is 1.68. The Bertz CT molecular complexity index is 720. The van der Waals surface area contributed by atoms with Crippen molar-refractivity contribution in [3.8, 4) is 0 Å².